The second kappa shape index (κ2) is 8.23. The summed E-state index contributed by atoms with van der Waals surface area (Å²) in [5, 5.41) is 10.0. The van der Waals surface area contributed by atoms with Crippen LogP contribution < -0.4 is 9.47 Å². The SMILES string of the molecule is COC(=O)C1(C(=O)O)Oc2ccc(CC(C)N3CC(c4cccc(Cl)c4)OC3=O)cc2O1. The summed E-state index contributed by atoms with van der Waals surface area (Å²) in [7, 11) is 1.04. The van der Waals surface area contributed by atoms with Crippen LogP contribution in [0.15, 0.2) is 42.5 Å². The molecule has 3 atom stereocenters. The number of carbonyl (C=O) groups excluding carboxylic acids is 2. The summed E-state index contributed by atoms with van der Waals surface area (Å²) in [6, 6.07) is 11.8. The van der Waals surface area contributed by atoms with E-state index in [-0.39, 0.29) is 17.5 Å². The molecule has 1 fully saturated rings. The minimum Gasteiger partial charge on any atom is -0.475 e. The number of carboxylic acid groups (broad SMARTS) is 1. The van der Waals surface area contributed by atoms with Gasteiger partial charge in [-0.3, -0.25) is 0 Å². The molecule has 9 nitrogen and oxygen atoms in total. The molecule has 2 heterocycles. The Kier molecular flexibility index (Phi) is 5.60. The minimum absolute atomic E-state index is 0.100. The fourth-order valence-electron chi connectivity index (χ4n) is 3.74. The van der Waals surface area contributed by atoms with Gasteiger partial charge in [0.15, 0.2) is 11.5 Å². The van der Waals surface area contributed by atoms with Crippen molar-refractivity contribution >= 4 is 29.6 Å². The Morgan fingerprint density at radius 2 is 2.00 bits per heavy atom. The lowest BCUT2D eigenvalue weighted by Crippen LogP contribution is -2.54. The van der Waals surface area contributed by atoms with Crippen LogP contribution in [-0.4, -0.2) is 53.5 Å². The van der Waals surface area contributed by atoms with Crippen LogP contribution in [0.4, 0.5) is 4.79 Å². The van der Waals surface area contributed by atoms with Gasteiger partial charge in [0.05, 0.1) is 13.7 Å². The van der Waals surface area contributed by atoms with Gasteiger partial charge in [-0.25, -0.2) is 14.4 Å². The van der Waals surface area contributed by atoms with E-state index >= 15 is 0 Å². The van der Waals surface area contributed by atoms with Crippen molar-refractivity contribution in [3.8, 4) is 11.5 Å². The number of nitrogens with zero attached hydrogens (tertiary/aromatic N) is 1. The second-order valence-electron chi connectivity index (χ2n) is 7.53. The molecular weight excluding hydrogens is 442 g/mol. The first-order valence-electron chi connectivity index (χ1n) is 9.79. The monoisotopic (exact) mass is 461 g/mol. The summed E-state index contributed by atoms with van der Waals surface area (Å²) < 4.78 is 20.6. The predicted octanol–water partition coefficient (Wildman–Crippen LogP) is 3.19. The first kappa shape index (κ1) is 21.8. The highest BCUT2D eigenvalue weighted by atomic mass is 35.5. The summed E-state index contributed by atoms with van der Waals surface area (Å²) in [4.78, 5) is 37.6. The Balaban J connectivity index is 1.47. The van der Waals surface area contributed by atoms with E-state index in [1.807, 2.05) is 13.0 Å². The average Bonchev–Trinajstić information content (AvgIpc) is 3.34. The van der Waals surface area contributed by atoms with Gasteiger partial charge in [-0.05, 0) is 48.7 Å². The van der Waals surface area contributed by atoms with Crippen molar-refractivity contribution in [1.82, 2.24) is 4.90 Å². The maximum absolute atomic E-state index is 12.4. The maximum Gasteiger partial charge on any atom is 0.453 e. The summed E-state index contributed by atoms with van der Waals surface area (Å²) in [5.74, 6) is -5.17. The van der Waals surface area contributed by atoms with Crippen molar-refractivity contribution in [3.63, 3.8) is 0 Å². The van der Waals surface area contributed by atoms with Crippen LogP contribution in [0.1, 0.15) is 24.2 Å². The van der Waals surface area contributed by atoms with Crippen LogP contribution in [0.25, 0.3) is 0 Å². The van der Waals surface area contributed by atoms with Gasteiger partial charge in [-0.2, -0.15) is 0 Å². The van der Waals surface area contributed by atoms with Gasteiger partial charge in [0.2, 0.25) is 0 Å². The summed E-state index contributed by atoms with van der Waals surface area (Å²) >= 11 is 6.04. The van der Waals surface area contributed by atoms with E-state index in [4.69, 9.17) is 25.8 Å². The van der Waals surface area contributed by atoms with Crippen molar-refractivity contribution in [3.05, 3.63) is 58.6 Å². The molecule has 4 rings (SSSR count). The van der Waals surface area contributed by atoms with Gasteiger partial charge >= 0.3 is 23.8 Å². The Morgan fingerprint density at radius 3 is 2.69 bits per heavy atom. The molecule has 1 amide bonds. The number of amides is 1. The Morgan fingerprint density at radius 1 is 1.25 bits per heavy atom. The average molecular weight is 462 g/mol. The first-order chi connectivity index (χ1) is 15.2. The predicted molar refractivity (Wildman–Crippen MR) is 111 cm³/mol. The molecule has 0 saturated carbocycles. The highest BCUT2D eigenvalue weighted by Gasteiger charge is 2.58. The molecule has 1 N–H and O–H groups in total. The van der Waals surface area contributed by atoms with E-state index in [0.717, 1.165) is 18.2 Å². The van der Waals surface area contributed by atoms with Crippen LogP contribution in [-0.2, 0) is 25.5 Å². The Hall–Kier alpha value is -3.46. The maximum atomic E-state index is 12.4. The van der Waals surface area contributed by atoms with Crippen LogP contribution in [0.3, 0.4) is 0 Å². The lowest BCUT2D eigenvalue weighted by Gasteiger charge is -2.22. The van der Waals surface area contributed by atoms with Gasteiger partial charge in [-0.1, -0.05) is 29.8 Å². The molecule has 0 spiro atoms. The highest BCUT2D eigenvalue weighted by molar-refractivity contribution is 6.30. The van der Waals surface area contributed by atoms with Gasteiger partial charge in [0, 0.05) is 11.1 Å². The molecule has 168 valence electrons. The molecule has 2 aliphatic heterocycles. The van der Waals surface area contributed by atoms with Crippen molar-refractivity contribution in [2.45, 2.75) is 31.3 Å². The van der Waals surface area contributed by atoms with E-state index < -0.39 is 29.9 Å². The zero-order valence-electron chi connectivity index (χ0n) is 17.2. The highest BCUT2D eigenvalue weighted by Crippen LogP contribution is 2.41. The zero-order chi connectivity index (χ0) is 23.0. The number of ether oxygens (including phenoxy) is 4. The fraction of sp³-hybridized carbons (Fsp3) is 0.318. The number of aliphatic carboxylic acids is 1. The molecule has 2 aromatic carbocycles. The van der Waals surface area contributed by atoms with E-state index in [1.54, 1.807) is 35.2 Å². The standard InChI is InChI=1S/C22H20ClNO8/c1-12(24-11-18(30-21(24)28)14-4-3-5-15(23)10-14)8-13-6-7-16-17(9-13)32-22(31-16,19(25)26)20(27)29-2/h3-7,9-10,12,18H,8,11H2,1-2H3,(H,25,26). The fourth-order valence-corrected chi connectivity index (χ4v) is 3.94. The van der Waals surface area contributed by atoms with Crippen molar-refractivity contribution in [2.75, 3.05) is 13.7 Å². The number of esters is 1. The van der Waals surface area contributed by atoms with E-state index in [9.17, 15) is 19.5 Å². The lowest BCUT2D eigenvalue weighted by atomic mass is 10.0. The second-order valence-corrected chi connectivity index (χ2v) is 7.97. The number of fused-ring (bicyclic) bond motifs is 1. The molecule has 1 saturated heterocycles. The number of carboxylic acids is 1. The molecule has 0 radical (unpaired) electrons. The molecule has 2 aromatic rings. The lowest BCUT2D eigenvalue weighted by molar-refractivity contribution is -0.196. The number of hydrogen-bond donors (Lipinski definition) is 1. The normalized spacial score (nSPS) is 22.4. The van der Waals surface area contributed by atoms with Crippen LogP contribution >= 0.6 is 11.6 Å². The zero-order valence-corrected chi connectivity index (χ0v) is 18.0. The number of halogens is 1. The van der Waals surface area contributed by atoms with E-state index in [2.05, 4.69) is 4.74 Å². The number of cyclic esters (lactones) is 1. The molecule has 0 aromatic heterocycles. The number of methoxy groups -OCH3 is 1. The van der Waals surface area contributed by atoms with Crippen molar-refractivity contribution in [2.24, 2.45) is 0 Å². The van der Waals surface area contributed by atoms with E-state index in [0.29, 0.717) is 18.0 Å². The molecule has 3 unspecified atom stereocenters. The molecule has 0 bridgehead atoms. The van der Waals surface area contributed by atoms with Gasteiger partial charge in [0.1, 0.15) is 6.10 Å². The van der Waals surface area contributed by atoms with Gasteiger partial charge < -0.3 is 29.0 Å². The molecule has 10 heteroatoms. The van der Waals surface area contributed by atoms with Gasteiger partial charge in [-0.15, -0.1) is 0 Å². The minimum atomic E-state index is -2.58. The molecule has 2 aliphatic rings. The first-order valence-corrected chi connectivity index (χ1v) is 10.2. The summed E-state index contributed by atoms with van der Waals surface area (Å²) in [5.41, 5.74) is 1.57. The largest absolute Gasteiger partial charge is 0.475 e. The number of rotatable bonds is 6. The Labute approximate surface area is 188 Å². The summed E-state index contributed by atoms with van der Waals surface area (Å²) in [6.45, 7) is 2.25. The Bertz CT molecular complexity index is 1090. The molecule has 32 heavy (non-hydrogen) atoms. The van der Waals surface area contributed by atoms with Crippen molar-refractivity contribution in [1.29, 1.82) is 0 Å². The molecule has 0 aliphatic carbocycles. The topological polar surface area (TPSA) is 112 Å². The molecular formula is C22H20ClNO8. The van der Waals surface area contributed by atoms with E-state index in [1.165, 1.54) is 6.07 Å². The third-order valence-corrected chi connectivity index (χ3v) is 5.61. The van der Waals surface area contributed by atoms with Crippen LogP contribution in [0, 0.1) is 0 Å². The number of carbonyl (C=O) groups is 3. The number of benzene rings is 2. The van der Waals surface area contributed by atoms with Crippen LogP contribution in [0.2, 0.25) is 5.02 Å². The third-order valence-electron chi connectivity index (χ3n) is 5.37. The summed E-state index contributed by atoms with van der Waals surface area (Å²) in [6.07, 6.45) is -0.415. The van der Waals surface area contributed by atoms with Crippen molar-refractivity contribution < 1.29 is 38.4 Å². The van der Waals surface area contributed by atoms with Gasteiger partial charge in [0.25, 0.3) is 0 Å². The smallest absolute Gasteiger partial charge is 0.453 e. The third kappa shape index (κ3) is 3.80. The van der Waals surface area contributed by atoms with Crippen LogP contribution in [0.5, 0.6) is 11.5 Å². The number of hydrogen-bond acceptors (Lipinski definition) is 7. The quantitative estimate of drug-likeness (QED) is 0.515.